The Hall–Kier alpha value is -3.12. The summed E-state index contributed by atoms with van der Waals surface area (Å²) in [6, 6.07) is 18.2. The SMILES string of the molecule is O=C(NC1CCCCC1)N1CC(=O)N2[C@H](CO)[C@@H](c3ccc(/C=C/c4ccccc4)cc3)[C@@H]2C1. The van der Waals surface area contributed by atoms with Crippen LogP contribution in [0.4, 0.5) is 4.79 Å². The van der Waals surface area contributed by atoms with Gasteiger partial charge in [0.2, 0.25) is 5.91 Å². The summed E-state index contributed by atoms with van der Waals surface area (Å²) in [6.07, 6.45) is 9.73. The summed E-state index contributed by atoms with van der Waals surface area (Å²) >= 11 is 0. The third-order valence-corrected chi connectivity index (χ3v) is 7.56. The molecule has 34 heavy (non-hydrogen) atoms. The summed E-state index contributed by atoms with van der Waals surface area (Å²) in [7, 11) is 0. The molecule has 3 aliphatic rings. The first kappa shape index (κ1) is 22.7. The molecule has 3 amide bonds. The minimum atomic E-state index is -0.230. The van der Waals surface area contributed by atoms with Crippen LogP contribution < -0.4 is 5.32 Å². The molecule has 2 aliphatic heterocycles. The quantitative estimate of drug-likeness (QED) is 0.667. The number of hydrogen-bond donors (Lipinski definition) is 2. The Morgan fingerprint density at radius 3 is 2.32 bits per heavy atom. The molecule has 0 spiro atoms. The third-order valence-electron chi connectivity index (χ3n) is 7.56. The first-order valence-corrected chi connectivity index (χ1v) is 12.4. The molecule has 0 bridgehead atoms. The molecule has 2 N–H and O–H groups in total. The van der Waals surface area contributed by atoms with E-state index < -0.39 is 0 Å². The van der Waals surface area contributed by atoms with Crippen LogP contribution in [0, 0.1) is 0 Å². The van der Waals surface area contributed by atoms with E-state index in [2.05, 4.69) is 53.9 Å². The highest BCUT2D eigenvalue weighted by molar-refractivity contribution is 5.87. The Labute approximate surface area is 201 Å². The highest BCUT2D eigenvalue weighted by Gasteiger charge is 2.54. The van der Waals surface area contributed by atoms with E-state index in [-0.39, 0.29) is 49.1 Å². The number of amides is 3. The lowest BCUT2D eigenvalue weighted by molar-refractivity contribution is -0.159. The lowest BCUT2D eigenvalue weighted by Crippen LogP contribution is -2.74. The molecule has 0 aromatic heterocycles. The van der Waals surface area contributed by atoms with E-state index >= 15 is 0 Å². The molecule has 1 saturated carbocycles. The van der Waals surface area contributed by atoms with Gasteiger partial charge in [-0.15, -0.1) is 0 Å². The maximum absolute atomic E-state index is 12.9. The van der Waals surface area contributed by atoms with Gasteiger partial charge in [0.1, 0.15) is 6.54 Å². The highest BCUT2D eigenvalue weighted by atomic mass is 16.3. The zero-order valence-corrected chi connectivity index (χ0v) is 19.5. The van der Waals surface area contributed by atoms with Crippen molar-refractivity contribution in [2.45, 2.75) is 56.1 Å². The molecular weight excluding hydrogens is 426 g/mol. The van der Waals surface area contributed by atoms with Crippen molar-refractivity contribution in [2.24, 2.45) is 0 Å². The van der Waals surface area contributed by atoms with Gasteiger partial charge < -0.3 is 20.2 Å². The number of carbonyl (C=O) groups excluding carboxylic acids is 2. The second-order valence-electron chi connectivity index (χ2n) is 9.72. The fourth-order valence-corrected chi connectivity index (χ4v) is 5.75. The number of aliphatic hydroxyl groups is 1. The van der Waals surface area contributed by atoms with Crippen LogP contribution in [-0.4, -0.2) is 64.7 Å². The van der Waals surface area contributed by atoms with Crippen LogP contribution in [0.5, 0.6) is 0 Å². The van der Waals surface area contributed by atoms with Crippen molar-refractivity contribution < 1.29 is 14.7 Å². The van der Waals surface area contributed by atoms with Crippen LogP contribution in [0.3, 0.4) is 0 Å². The maximum Gasteiger partial charge on any atom is 0.318 e. The molecule has 0 unspecified atom stereocenters. The molecule has 5 rings (SSSR count). The summed E-state index contributed by atoms with van der Waals surface area (Å²) in [5.41, 5.74) is 3.34. The maximum atomic E-state index is 12.9. The summed E-state index contributed by atoms with van der Waals surface area (Å²) in [5, 5.41) is 13.2. The van der Waals surface area contributed by atoms with Gasteiger partial charge in [-0.3, -0.25) is 4.79 Å². The summed E-state index contributed by atoms with van der Waals surface area (Å²) in [4.78, 5) is 29.2. The number of urea groups is 1. The predicted octanol–water partition coefficient (Wildman–Crippen LogP) is 3.87. The molecule has 1 aliphatic carbocycles. The number of rotatable bonds is 5. The topological polar surface area (TPSA) is 72.9 Å². The van der Waals surface area contributed by atoms with Crippen LogP contribution >= 0.6 is 0 Å². The monoisotopic (exact) mass is 459 g/mol. The van der Waals surface area contributed by atoms with Crippen LogP contribution in [0.25, 0.3) is 12.2 Å². The largest absolute Gasteiger partial charge is 0.394 e. The van der Waals surface area contributed by atoms with Crippen molar-refractivity contribution >= 4 is 24.1 Å². The van der Waals surface area contributed by atoms with E-state index in [4.69, 9.17) is 0 Å². The number of nitrogens with zero attached hydrogens (tertiary/aromatic N) is 2. The van der Waals surface area contributed by atoms with Crippen molar-refractivity contribution in [3.63, 3.8) is 0 Å². The van der Waals surface area contributed by atoms with Gasteiger partial charge in [-0.1, -0.05) is 86.0 Å². The van der Waals surface area contributed by atoms with Crippen LogP contribution in [0.15, 0.2) is 54.6 Å². The number of nitrogens with one attached hydrogen (secondary N) is 1. The van der Waals surface area contributed by atoms with Crippen molar-refractivity contribution in [3.05, 3.63) is 71.3 Å². The minimum Gasteiger partial charge on any atom is -0.394 e. The molecule has 2 heterocycles. The zero-order valence-electron chi connectivity index (χ0n) is 19.5. The van der Waals surface area contributed by atoms with Crippen LogP contribution in [0.1, 0.15) is 54.7 Å². The second-order valence-corrected chi connectivity index (χ2v) is 9.72. The van der Waals surface area contributed by atoms with E-state index in [9.17, 15) is 14.7 Å². The Balaban J connectivity index is 1.27. The second kappa shape index (κ2) is 10.0. The minimum absolute atomic E-state index is 0.0198. The lowest BCUT2D eigenvalue weighted by Gasteiger charge is -2.58. The Morgan fingerprint density at radius 1 is 0.971 bits per heavy atom. The average molecular weight is 460 g/mol. The Morgan fingerprint density at radius 2 is 1.65 bits per heavy atom. The molecule has 6 nitrogen and oxygen atoms in total. The molecule has 6 heteroatoms. The summed E-state index contributed by atoms with van der Waals surface area (Å²) in [6.45, 7) is 0.513. The van der Waals surface area contributed by atoms with Crippen molar-refractivity contribution in [3.8, 4) is 0 Å². The molecule has 3 fully saturated rings. The molecule has 178 valence electrons. The summed E-state index contributed by atoms with van der Waals surface area (Å²) < 4.78 is 0. The van der Waals surface area contributed by atoms with E-state index in [1.165, 1.54) is 6.42 Å². The lowest BCUT2D eigenvalue weighted by atomic mass is 9.73. The van der Waals surface area contributed by atoms with Gasteiger partial charge in [0.15, 0.2) is 0 Å². The van der Waals surface area contributed by atoms with Gasteiger partial charge >= 0.3 is 6.03 Å². The fraction of sp³-hybridized carbons (Fsp3) is 0.429. The van der Waals surface area contributed by atoms with Crippen molar-refractivity contribution in [1.29, 1.82) is 0 Å². The molecule has 0 radical (unpaired) electrons. The average Bonchev–Trinajstić information content (AvgIpc) is 2.86. The van der Waals surface area contributed by atoms with Gasteiger partial charge in [-0.25, -0.2) is 4.79 Å². The number of fused-ring (bicyclic) bond motifs is 1. The number of carbonyl (C=O) groups is 2. The van der Waals surface area contributed by atoms with Gasteiger partial charge in [0.05, 0.1) is 18.7 Å². The molecular formula is C28H33N3O3. The smallest absolute Gasteiger partial charge is 0.318 e. The fourth-order valence-electron chi connectivity index (χ4n) is 5.75. The third kappa shape index (κ3) is 4.60. The standard InChI is InChI=1S/C28H33N3O3/c32-19-25-27(22-15-13-21(14-16-22)12-11-20-7-3-1-4-8-20)24-17-30(18-26(33)31(24)25)28(34)29-23-9-5-2-6-10-23/h1,3-4,7-8,11-16,23-25,27,32H,2,5-6,9-10,17-19H2,(H,29,34)/b12-11+/t24-,25+,27-/m0/s1. The highest BCUT2D eigenvalue weighted by Crippen LogP contribution is 2.43. The zero-order chi connectivity index (χ0) is 23.5. The number of hydrogen-bond acceptors (Lipinski definition) is 3. The van der Waals surface area contributed by atoms with Gasteiger partial charge in [0.25, 0.3) is 0 Å². The van der Waals surface area contributed by atoms with E-state index in [0.29, 0.717) is 6.54 Å². The van der Waals surface area contributed by atoms with Crippen LogP contribution in [-0.2, 0) is 4.79 Å². The van der Waals surface area contributed by atoms with Gasteiger partial charge in [0, 0.05) is 18.5 Å². The normalized spacial score (nSPS) is 25.2. The Kier molecular flexibility index (Phi) is 6.68. The molecule has 2 aromatic carbocycles. The van der Waals surface area contributed by atoms with E-state index in [1.807, 2.05) is 18.2 Å². The number of piperazine rings is 1. The summed E-state index contributed by atoms with van der Waals surface area (Å²) in [5.74, 6) is -0.0563. The molecule has 3 atom stereocenters. The van der Waals surface area contributed by atoms with Gasteiger partial charge in [-0.2, -0.15) is 0 Å². The van der Waals surface area contributed by atoms with Crippen molar-refractivity contribution in [2.75, 3.05) is 19.7 Å². The number of benzene rings is 2. The first-order chi connectivity index (χ1) is 16.6. The van der Waals surface area contributed by atoms with E-state index in [1.54, 1.807) is 9.80 Å². The number of aliphatic hydroxyl groups excluding tert-OH is 1. The van der Waals surface area contributed by atoms with Crippen LogP contribution in [0.2, 0.25) is 0 Å². The van der Waals surface area contributed by atoms with Crippen molar-refractivity contribution in [1.82, 2.24) is 15.1 Å². The molecule has 2 aromatic rings. The first-order valence-electron chi connectivity index (χ1n) is 12.4. The van der Waals surface area contributed by atoms with Gasteiger partial charge in [-0.05, 0) is 29.5 Å². The Bertz CT molecular complexity index is 1030. The molecule has 2 saturated heterocycles. The van der Waals surface area contributed by atoms with E-state index in [0.717, 1.165) is 42.4 Å². The predicted molar refractivity (Wildman–Crippen MR) is 133 cm³/mol.